The van der Waals surface area contributed by atoms with E-state index in [1.165, 1.54) is 0 Å². The molecule has 2 aromatic carbocycles. The second-order valence-electron chi connectivity index (χ2n) is 7.70. The molecular formula is C26H28N2O6. The molecule has 0 aromatic heterocycles. The number of nitrogens with one attached hydrogen (secondary N) is 2. The van der Waals surface area contributed by atoms with Crippen molar-refractivity contribution in [3.8, 4) is 23.0 Å². The van der Waals surface area contributed by atoms with E-state index in [1.807, 2.05) is 36.4 Å². The average Bonchev–Trinajstić information content (AvgIpc) is 3.16. The summed E-state index contributed by atoms with van der Waals surface area (Å²) in [5.74, 6) is 4.07. The highest BCUT2D eigenvalue weighted by atomic mass is 16.5. The predicted octanol–water partition coefficient (Wildman–Crippen LogP) is 2.91. The molecule has 8 nitrogen and oxygen atoms in total. The van der Waals surface area contributed by atoms with Crippen LogP contribution in [0.4, 0.5) is 4.79 Å². The fraction of sp³-hybridized carbons (Fsp3) is 0.346. The number of aliphatic carboxylic acids is 1. The summed E-state index contributed by atoms with van der Waals surface area (Å²) in [7, 11) is 0. The number of rotatable bonds is 11. The van der Waals surface area contributed by atoms with Crippen LogP contribution in [0.25, 0.3) is 11.1 Å². The van der Waals surface area contributed by atoms with Gasteiger partial charge in [-0.3, -0.25) is 9.59 Å². The summed E-state index contributed by atoms with van der Waals surface area (Å²) in [5, 5.41) is 13.8. The summed E-state index contributed by atoms with van der Waals surface area (Å²) in [6, 6.07) is 15.2. The predicted molar refractivity (Wildman–Crippen MR) is 126 cm³/mol. The molecule has 0 fully saturated rings. The van der Waals surface area contributed by atoms with Crippen LogP contribution in [0.5, 0.6) is 0 Å². The summed E-state index contributed by atoms with van der Waals surface area (Å²) in [5.41, 5.74) is 4.47. The molecule has 2 amide bonds. The van der Waals surface area contributed by atoms with E-state index in [-0.39, 0.29) is 45.1 Å². The Morgan fingerprint density at radius 1 is 1.03 bits per heavy atom. The summed E-state index contributed by atoms with van der Waals surface area (Å²) in [6.45, 7) is 2.20. The molecule has 0 aliphatic heterocycles. The number of benzene rings is 2. The average molecular weight is 465 g/mol. The lowest BCUT2D eigenvalue weighted by Crippen LogP contribution is -2.47. The third-order valence-electron chi connectivity index (χ3n) is 5.44. The first-order valence-electron chi connectivity index (χ1n) is 11.1. The van der Waals surface area contributed by atoms with Crippen molar-refractivity contribution in [3.05, 3.63) is 59.7 Å². The standard InChI is InChI=1S/C26H28N2O6/c1-2-3-12-23(25(31)27-14-16-33-15-13-24(29)30)28-26(32)34-17-22-20-10-6-4-8-18(20)19-9-5-7-11-21(19)22/h4-11,22-23H,12-17H2,1H3,(H,27,31)(H,28,32)(H,29,30). The number of carbonyl (C=O) groups is 3. The monoisotopic (exact) mass is 464 g/mol. The van der Waals surface area contributed by atoms with Gasteiger partial charge in [-0.1, -0.05) is 48.5 Å². The van der Waals surface area contributed by atoms with E-state index in [9.17, 15) is 14.4 Å². The maximum absolute atomic E-state index is 12.5. The van der Waals surface area contributed by atoms with Crippen molar-refractivity contribution < 1.29 is 29.0 Å². The topological polar surface area (TPSA) is 114 Å². The molecule has 0 saturated carbocycles. The molecule has 1 atom stereocenters. The molecule has 0 spiro atoms. The number of hydrogen-bond acceptors (Lipinski definition) is 5. The minimum atomic E-state index is -0.950. The van der Waals surface area contributed by atoms with Crippen molar-refractivity contribution in [2.75, 3.05) is 26.4 Å². The maximum Gasteiger partial charge on any atom is 0.407 e. The molecule has 0 heterocycles. The van der Waals surface area contributed by atoms with Crippen molar-refractivity contribution >= 4 is 18.0 Å². The van der Waals surface area contributed by atoms with Gasteiger partial charge in [-0.25, -0.2) is 4.79 Å². The van der Waals surface area contributed by atoms with Crippen molar-refractivity contribution in [2.24, 2.45) is 0 Å². The van der Waals surface area contributed by atoms with Crippen LogP contribution < -0.4 is 10.6 Å². The van der Waals surface area contributed by atoms with E-state index in [0.717, 1.165) is 22.3 Å². The Morgan fingerprint density at radius 3 is 2.29 bits per heavy atom. The van der Waals surface area contributed by atoms with Gasteiger partial charge in [-0.15, -0.1) is 11.8 Å². The molecule has 3 rings (SSSR count). The second-order valence-corrected chi connectivity index (χ2v) is 7.70. The van der Waals surface area contributed by atoms with Gasteiger partial charge in [-0.2, -0.15) is 0 Å². The van der Waals surface area contributed by atoms with Crippen LogP contribution in [0.15, 0.2) is 48.5 Å². The van der Waals surface area contributed by atoms with E-state index < -0.39 is 24.0 Å². The normalized spacial score (nSPS) is 12.5. The minimum absolute atomic E-state index is 0.0634. The maximum atomic E-state index is 12.5. The van der Waals surface area contributed by atoms with Crippen LogP contribution >= 0.6 is 0 Å². The highest BCUT2D eigenvalue weighted by Crippen LogP contribution is 2.44. The number of fused-ring (bicyclic) bond motifs is 3. The third kappa shape index (κ3) is 6.59. The molecule has 1 aliphatic carbocycles. The molecule has 34 heavy (non-hydrogen) atoms. The number of hydrogen-bond donors (Lipinski definition) is 3. The van der Waals surface area contributed by atoms with Gasteiger partial charge in [-0.05, 0) is 29.2 Å². The van der Waals surface area contributed by atoms with Crippen LogP contribution in [0, 0.1) is 11.8 Å². The van der Waals surface area contributed by atoms with Crippen molar-refractivity contribution in [2.45, 2.75) is 31.7 Å². The van der Waals surface area contributed by atoms with Gasteiger partial charge in [0.05, 0.1) is 19.6 Å². The van der Waals surface area contributed by atoms with Crippen molar-refractivity contribution in [1.82, 2.24) is 10.6 Å². The molecule has 0 saturated heterocycles. The second kappa shape index (κ2) is 12.4. The van der Waals surface area contributed by atoms with E-state index in [0.29, 0.717) is 0 Å². The quantitative estimate of drug-likeness (QED) is 0.348. The van der Waals surface area contributed by atoms with E-state index >= 15 is 0 Å². The van der Waals surface area contributed by atoms with E-state index in [1.54, 1.807) is 6.92 Å². The molecule has 178 valence electrons. The highest BCUT2D eigenvalue weighted by molar-refractivity contribution is 5.86. The largest absolute Gasteiger partial charge is 0.481 e. The Morgan fingerprint density at radius 2 is 1.68 bits per heavy atom. The van der Waals surface area contributed by atoms with E-state index in [2.05, 4.69) is 34.6 Å². The summed E-state index contributed by atoms with van der Waals surface area (Å²) >= 11 is 0. The lowest BCUT2D eigenvalue weighted by Gasteiger charge is -2.18. The summed E-state index contributed by atoms with van der Waals surface area (Å²) in [6.07, 6.45) is -0.670. The minimum Gasteiger partial charge on any atom is -0.481 e. The Balaban J connectivity index is 1.53. The first-order chi connectivity index (χ1) is 16.5. The van der Waals surface area contributed by atoms with Gasteiger partial charge in [0, 0.05) is 18.9 Å². The SMILES string of the molecule is CC#CCC(NC(=O)OCC1c2ccccc2-c2ccccc21)C(=O)NCCOCCC(=O)O. The zero-order chi connectivity index (χ0) is 24.3. The number of carboxylic acids is 1. The zero-order valence-electron chi connectivity index (χ0n) is 19.0. The molecule has 1 aliphatic rings. The van der Waals surface area contributed by atoms with Gasteiger partial charge in [0.1, 0.15) is 12.6 Å². The van der Waals surface area contributed by atoms with Crippen LogP contribution in [0.2, 0.25) is 0 Å². The van der Waals surface area contributed by atoms with Gasteiger partial charge >= 0.3 is 12.1 Å². The lowest BCUT2D eigenvalue weighted by atomic mass is 9.98. The van der Waals surface area contributed by atoms with Gasteiger partial charge < -0.3 is 25.2 Å². The Kier molecular flexibility index (Phi) is 9.06. The molecular weight excluding hydrogens is 436 g/mol. The summed E-state index contributed by atoms with van der Waals surface area (Å²) < 4.78 is 10.7. The van der Waals surface area contributed by atoms with Gasteiger partial charge in [0.2, 0.25) is 5.91 Å². The number of ether oxygens (including phenoxy) is 2. The lowest BCUT2D eigenvalue weighted by molar-refractivity contribution is -0.138. The fourth-order valence-electron chi connectivity index (χ4n) is 3.83. The number of carboxylic acid groups (broad SMARTS) is 1. The molecule has 2 aromatic rings. The molecule has 0 bridgehead atoms. The smallest absolute Gasteiger partial charge is 0.407 e. The first kappa shape index (κ1) is 24.8. The highest BCUT2D eigenvalue weighted by Gasteiger charge is 2.29. The van der Waals surface area contributed by atoms with Gasteiger partial charge in [0.25, 0.3) is 0 Å². The first-order valence-corrected chi connectivity index (χ1v) is 11.1. The van der Waals surface area contributed by atoms with Crippen LogP contribution in [0.1, 0.15) is 36.8 Å². The zero-order valence-corrected chi connectivity index (χ0v) is 19.0. The number of amides is 2. The number of carbonyl (C=O) groups excluding carboxylic acids is 2. The molecule has 0 radical (unpaired) electrons. The van der Waals surface area contributed by atoms with Crippen LogP contribution in [-0.2, 0) is 19.1 Å². The number of alkyl carbamates (subject to hydrolysis) is 1. The van der Waals surface area contributed by atoms with Crippen molar-refractivity contribution in [1.29, 1.82) is 0 Å². The van der Waals surface area contributed by atoms with E-state index in [4.69, 9.17) is 14.6 Å². The fourth-order valence-corrected chi connectivity index (χ4v) is 3.83. The molecule has 8 heteroatoms. The third-order valence-corrected chi connectivity index (χ3v) is 5.44. The van der Waals surface area contributed by atoms with Crippen LogP contribution in [0.3, 0.4) is 0 Å². The van der Waals surface area contributed by atoms with Gasteiger partial charge in [0.15, 0.2) is 0 Å². The molecule has 3 N–H and O–H groups in total. The van der Waals surface area contributed by atoms with Crippen LogP contribution in [-0.4, -0.2) is 55.5 Å². The molecule has 1 unspecified atom stereocenters. The Bertz CT molecular complexity index is 1040. The van der Waals surface area contributed by atoms with Crippen molar-refractivity contribution in [3.63, 3.8) is 0 Å². The summed E-state index contributed by atoms with van der Waals surface area (Å²) in [4.78, 5) is 35.5. The Hall–Kier alpha value is -3.83. The Labute approximate surface area is 198 Å².